The van der Waals surface area contributed by atoms with E-state index in [1.54, 1.807) is 0 Å². The van der Waals surface area contributed by atoms with Crippen LogP contribution in [0.25, 0.3) is 22.8 Å². The molecular formula is C23H28N6O2S. The molecule has 0 spiro atoms. The number of carbonyl (C=O) groups is 1. The molecule has 9 heteroatoms. The van der Waals surface area contributed by atoms with Gasteiger partial charge in [-0.15, -0.1) is 11.8 Å². The number of nitrogens with two attached hydrogens (primary N) is 1. The Balaban J connectivity index is 1.45. The maximum Gasteiger partial charge on any atom is 0.264 e. The molecule has 1 aliphatic rings. The van der Waals surface area contributed by atoms with E-state index in [4.69, 9.17) is 10.3 Å². The predicted octanol–water partition coefficient (Wildman–Crippen LogP) is 4.22. The molecule has 0 fully saturated rings. The van der Waals surface area contributed by atoms with Crippen molar-refractivity contribution in [2.24, 2.45) is 0 Å². The van der Waals surface area contributed by atoms with Gasteiger partial charge in [0.25, 0.3) is 5.89 Å². The summed E-state index contributed by atoms with van der Waals surface area (Å²) in [7, 11) is 0. The van der Waals surface area contributed by atoms with Crippen LogP contribution in [0.4, 0.5) is 5.82 Å². The number of anilines is 1. The molecule has 32 heavy (non-hydrogen) atoms. The lowest BCUT2D eigenvalue weighted by Gasteiger charge is -2.13. The summed E-state index contributed by atoms with van der Waals surface area (Å²) in [6, 6.07) is 7.88. The smallest absolute Gasteiger partial charge is 0.264 e. The molecule has 0 saturated carbocycles. The largest absolute Gasteiger partial charge is 0.383 e. The standard InChI is InChI=1S/C23H28N6O2S/c1-15-8-10-17(11-9-15)21-26-22(31-28-21)19-20(24)29(27-23(19)32-2)14-18(30)25-13-12-16-6-4-3-5-7-16/h6,8-11H,3-5,7,12-14,24H2,1-2H3,(H,25,30). The normalized spacial score (nSPS) is 13.8. The topological polar surface area (TPSA) is 112 Å². The van der Waals surface area contributed by atoms with E-state index in [1.165, 1.54) is 34.9 Å². The number of benzene rings is 1. The highest BCUT2D eigenvalue weighted by molar-refractivity contribution is 7.98. The number of nitrogen functional groups attached to an aromatic ring is 1. The van der Waals surface area contributed by atoms with Crippen LogP contribution in [0.2, 0.25) is 0 Å². The number of amides is 1. The summed E-state index contributed by atoms with van der Waals surface area (Å²) in [5.74, 6) is 0.978. The van der Waals surface area contributed by atoms with Gasteiger partial charge in [-0.05, 0) is 45.3 Å². The first-order chi connectivity index (χ1) is 15.5. The second kappa shape index (κ2) is 10.0. The minimum atomic E-state index is -0.124. The summed E-state index contributed by atoms with van der Waals surface area (Å²) in [4.78, 5) is 17.0. The molecule has 168 valence electrons. The number of thioether (sulfide) groups is 1. The van der Waals surface area contributed by atoms with E-state index in [1.807, 2.05) is 37.4 Å². The Morgan fingerprint density at radius 3 is 2.81 bits per heavy atom. The fourth-order valence-electron chi connectivity index (χ4n) is 3.75. The van der Waals surface area contributed by atoms with Gasteiger partial charge in [-0.25, -0.2) is 4.68 Å². The minimum absolute atomic E-state index is 0.0391. The van der Waals surface area contributed by atoms with Gasteiger partial charge >= 0.3 is 0 Å². The van der Waals surface area contributed by atoms with E-state index >= 15 is 0 Å². The number of aryl methyl sites for hydroxylation is 1. The molecule has 3 aromatic rings. The van der Waals surface area contributed by atoms with Gasteiger partial charge < -0.3 is 15.6 Å². The number of nitrogens with one attached hydrogen (secondary N) is 1. The number of rotatable bonds is 8. The molecule has 1 amide bonds. The molecular weight excluding hydrogens is 424 g/mol. The maximum atomic E-state index is 12.5. The molecule has 1 aromatic carbocycles. The second-order valence-corrected chi connectivity index (χ2v) is 8.72. The summed E-state index contributed by atoms with van der Waals surface area (Å²) in [5, 5.41) is 12.2. The van der Waals surface area contributed by atoms with Crippen molar-refractivity contribution in [3.8, 4) is 22.8 Å². The third kappa shape index (κ3) is 5.04. The number of hydrogen-bond acceptors (Lipinski definition) is 7. The van der Waals surface area contributed by atoms with E-state index in [0.29, 0.717) is 34.7 Å². The molecule has 0 saturated heterocycles. The van der Waals surface area contributed by atoms with Crippen LogP contribution in [0.5, 0.6) is 0 Å². The van der Waals surface area contributed by atoms with Gasteiger partial charge in [-0.1, -0.05) is 46.6 Å². The van der Waals surface area contributed by atoms with E-state index < -0.39 is 0 Å². The zero-order valence-electron chi connectivity index (χ0n) is 18.4. The van der Waals surface area contributed by atoms with Crippen LogP contribution in [0.3, 0.4) is 0 Å². The van der Waals surface area contributed by atoms with Crippen molar-refractivity contribution in [2.75, 3.05) is 18.5 Å². The molecule has 1 aliphatic carbocycles. The molecule has 0 bridgehead atoms. The first kappa shape index (κ1) is 22.1. The Kier molecular flexibility index (Phi) is 6.94. The molecule has 8 nitrogen and oxygen atoms in total. The highest BCUT2D eigenvalue weighted by Crippen LogP contribution is 2.34. The van der Waals surface area contributed by atoms with E-state index in [-0.39, 0.29) is 12.5 Å². The van der Waals surface area contributed by atoms with Crippen molar-refractivity contribution < 1.29 is 9.32 Å². The number of nitrogens with zero attached hydrogens (tertiary/aromatic N) is 4. The summed E-state index contributed by atoms with van der Waals surface area (Å²) >= 11 is 1.42. The van der Waals surface area contributed by atoms with Crippen LogP contribution in [0.15, 0.2) is 45.5 Å². The fraction of sp³-hybridized carbons (Fsp3) is 0.391. The summed E-state index contributed by atoms with van der Waals surface area (Å²) in [6.45, 7) is 2.68. The summed E-state index contributed by atoms with van der Waals surface area (Å²) in [6.07, 6.45) is 9.88. The highest BCUT2D eigenvalue weighted by atomic mass is 32.2. The monoisotopic (exact) mass is 452 g/mol. The zero-order chi connectivity index (χ0) is 22.5. The second-order valence-electron chi connectivity index (χ2n) is 7.92. The Labute approximate surface area is 191 Å². The average Bonchev–Trinajstić information content (AvgIpc) is 3.40. The first-order valence-electron chi connectivity index (χ1n) is 10.8. The predicted molar refractivity (Wildman–Crippen MR) is 126 cm³/mol. The number of allylic oxidation sites excluding steroid dienone is 1. The quantitative estimate of drug-likeness (QED) is 0.389. The lowest BCUT2D eigenvalue weighted by atomic mass is 9.97. The van der Waals surface area contributed by atoms with Crippen molar-refractivity contribution in [1.82, 2.24) is 25.2 Å². The van der Waals surface area contributed by atoms with E-state index in [9.17, 15) is 4.79 Å². The van der Waals surface area contributed by atoms with Crippen LogP contribution < -0.4 is 11.1 Å². The van der Waals surface area contributed by atoms with Crippen LogP contribution in [0, 0.1) is 6.92 Å². The van der Waals surface area contributed by atoms with Gasteiger partial charge in [0.2, 0.25) is 11.7 Å². The third-order valence-electron chi connectivity index (χ3n) is 5.55. The maximum absolute atomic E-state index is 12.5. The Morgan fingerprint density at radius 2 is 2.09 bits per heavy atom. The van der Waals surface area contributed by atoms with Crippen molar-refractivity contribution in [2.45, 2.75) is 50.6 Å². The zero-order valence-corrected chi connectivity index (χ0v) is 19.2. The van der Waals surface area contributed by atoms with Crippen LogP contribution in [0.1, 0.15) is 37.7 Å². The Hall–Kier alpha value is -3.07. The highest BCUT2D eigenvalue weighted by Gasteiger charge is 2.23. The van der Waals surface area contributed by atoms with Gasteiger partial charge in [-0.2, -0.15) is 10.1 Å². The van der Waals surface area contributed by atoms with Crippen LogP contribution >= 0.6 is 11.8 Å². The lowest BCUT2D eigenvalue weighted by Crippen LogP contribution is -2.29. The summed E-state index contributed by atoms with van der Waals surface area (Å²) < 4.78 is 6.99. The lowest BCUT2D eigenvalue weighted by molar-refractivity contribution is -0.121. The number of carbonyl (C=O) groups excluding carboxylic acids is 1. The average molecular weight is 453 g/mol. The number of hydrogen-bond donors (Lipinski definition) is 2. The Morgan fingerprint density at radius 1 is 1.28 bits per heavy atom. The van der Waals surface area contributed by atoms with Gasteiger partial charge in [0.15, 0.2) is 0 Å². The molecule has 2 heterocycles. The van der Waals surface area contributed by atoms with Gasteiger partial charge in [0.1, 0.15) is 23.0 Å². The van der Waals surface area contributed by atoms with Crippen molar-refractivity contribution >= 4 is 23.5 Å². The first-order valence-corrected chi connectivity index (χ1v) is 12.0. The van der Waals surface area contributed by atoms with E-state index in [0.717, 1.165) is 30.4 Å². The fourth-order valence-corrected chi connectivity index (χ4v) is 4.32. The molecule has 4 rings (SSSR count). The van der Waals surface area contributed by atoms with Crippen LogP contribution in [-0.2, 0) is 11.3 Å². The SMILES string of the molecule is CSc1nn(CC(=O)NCCC2=CCCCC2)c(N)c1-c1nc(-c2ccc(C)cc2)no1. The van der Waals surface area contributed by atoms with Crippen molar-refractivity contribution in [1.29, 1.82) is 0 Å². The van der Waals surface area contributed by atoms with Gasteiger partial charge in [0, 0.05) is 12.1 Å². The molecule has 0 radical (unpaired) electrons. The van der Waals surface area contributed by atoms with Crippen LogP contribution in [-0.4, -0.2) is 38.6 Å². The summed E-state index contributed by atoms with van der Waals surface area (Å²) in [5.41, 5.74) is 10.3. The molecule has 3 N–H and O–H groups in total. The van der Waals surface area contributed by atoms with Crippen molar-refractivity contribution in [3.63, 3.8) is 0 Å². The van der Waals surface area contributed by atoms with Crippen molar-refractivity contribution in [3.05, 3.63) is 41.5 Å². The molecule has 2 aromatic heterocycles. The Bertz CT molecular complexity index is 1120. The molecule has 0 atom stereocenters. The molecule has 0 aliphatic heterocycles. The molecule has 0 unspecified atom stereocenters. The third-order valence-corrected chi connectivity index (χ3v) is 6.22. The minimum Gasteiger partial charge on any atom is -0.383 e. The van der Waals surface area contributed by atoms with Gasteiger partial charge in [-0.3, -0.25) is 4.79 Å². The van der Waals surface area contributed by atoms with Gasteiger partial charge in [0.05, 0.1) is 0 Å². The van der Waals surface area contributed by atoms with E-state index in [2.05, 4.69) is 26.6 Å². The number of aromatic nitrogens is 4.